The van der Waals surface area contributed by atoms with E-state index in [1.54, 1.807) is 0 Å². The van der Waals surface area contributed by atoms with Gasteiger partial charge in [0.05, 0.1) is 0 Å². The summed E-state index contributed by atoms with van der Waals surface area (Å²) in [4.78, 5) is 0. The average molecular weight is 262 g/mol. The Labute approximate surface area is 121 Å². The molecule has 0 N–H and O–H groups in total. The molecule has 1 aliphatic carbocycles. The van der Waals surface area contributed by atoms with Gasteiger partial charge < -0.3 is 0 Å². The van der Waals surface area contributed by atoms with Crippen molar-refractivity contribution in [3.05, 3.63) is 24.3 Å². The molecule has 0 radical (unpaired) electrons. The van der Waals surface area contributed by atoms with Gasteiger partial charge in [0.15, 0.2) is 0 Å². The molecule has 0 unspecified atom stereocenters. The van der Waals surface area contributed by atoms with E-state index in [2.05, 4.69) is 38.2 Å². The molecule has 0 heterocycles. The molecule has 19 heavy (non-hydrogen) atoms. The minimum Gasteiger partial charge on any atom is -0.0917 e. The third-order valence-electron chi connectivity index (χ3n) is 4.50. The fraction of sp³-hybridized carbons (Fsp3) is 0.789. The fourth-order valence-corrected chi connectivity index (χ4v) is 3.15. The van der Waals surface area contributed by atoms with Crippen molar-refractivity contribution < 1.29 is 0 Å². The first kappa shape index (κ1) is 16.5. The van der Waals surface area contributed by atoms with E-state index in [1.165, 1.54) is 70.6 Å². The maximum Gasteiger partial charge on any atom is -0.0233 e. The van der Waals surface area contributed by atoms with E-state index in [-0.39, 0.29) is 0 Å². The lowest BCUT2D eigenvalue weighted by Gasteiger charge is -2.26. The summed E-state index contributed by atoms with van der Waals surface area (Å²) in [6.45, 7) is 4.41. The zero-order valence-corrected chi connectivity index (χ0v) is 13.2. The second-order valence-corrected chi connectivity index (χ2v) is 6.20. The van der Waals surface area contributed by atoms with Crippen LogP contribution in [0.2, 0.25) is 0 Å². The van der Waals surface area contributed by atoms with Gasteiger partial charge >= 0.3 is 0 Å². The van der Waals surface area contributed by atoms with Crippen LogP contribution < -0.4 is 0 Å². The van der Waals surface area contributed by atoms with Gasteiger partial charge in [-0.3, -0.25) is 0 Å². The van der Waals surface area contributed by atoms with E-state index in [0.29, 0.717) is 0 Å². The van der Waals surface area contributed by atoms with Crippen LogP contribution in [0.4, 0.5) is 0 Å². The Balaban J connectivity index is 2.04. The first-order chi connectivity index (χ1) is 9.36. The highest BCUT2D eigenvalue weighted by atomic mass is 14.2. The standard InChI is InChI=1S/C19H34/c1-3-5-7-8-9-11-13-19-16-14-18(15-17-19)12-10-6-4-2/h4,6,11,13,18-19H,3,5,7-10,12,14-17H2,1-2H3/b6-4+,13-11+. The number of hydrogen-bond donors (Lipinski definition) is 0. The van der Waals surface area contributed by atoms with E-state index in [1.807, 2.05) is 0 Å². The van der Waals surface area contributed by atoms with Gasteiger partial charge in [-0.25, -0.2) is 0 Å². The maximum atomic E-state index is 2.52. The lowest BCUT2D eigenvalue weighted by Crippen LogP contribution is -2.12. The lowest BCUT2D eigenvalue weighted by atomic mass is 9.80. The summed E-state index contributed by atoms with van der Waals surface area (Å²) in [5, 5.41) is 0. The summed E-state index contributed by atoms with van der Waals surface area (Å²) in [6, 6.07) is 0. The van der Waals surface area contributed by atoms with Crippen molar-refractivity contribution in [2.75, 3.05) is 0 Å². The van der Waals surface area contributed by atoms with E-state index in [4.69, 9.17) is 0 Å². The Morgan fingerprint density at radius 2 is 1.68 bits per heavy atom. The first-order valence-electron chi connectivity index (χ1n) is 8.64. The third-order valence-corrected chi connectivity index (χ3v) is 4.50. The molecular formula is C19H34. The van der Waals surface area contributed by atoms with Crippen molar-refractivity contribution >= 4 is 0 Å². The fourth-order valence-electron chi connectivity index (χ4n) is 3.15. The smallest absolute Gasteiger partial charge is 0.0233 e. The van der Waals surface area contributed by atoms with Crippen LogP contribution in [0.1, 0.15) is 84.5 Å². The third kappa shape index (κ3) is 8.29. The van der Waals surface area contributed by atoms with Crippen LogP contribution in [0.15, 0.2) is 24.3 Å². The molecule has 0 heteroatoms. The molecule has 0 aromatic rings. The largest absolute Gasteiger partial charge is 0.0917 e. The molecule has 0 aliphatic heterocycles. The molecule has 1 aliphatic rings. The SMILES string of the molecule is C/C=C/CCC1CCC(/C=C/CCCCCC)CC1. The second-order valence-electron chi connectivity index (χ2n) is 6.20. The summed E-state index contributed by atoms with van der Waals surface area (Å²) >= 11 is 0. The molecule has 110 valence electrons. The summed E-state index contributed by atoms with van der Waals surface area (Å²) in [6.07, 6.45) is 24.9. The minimum absolute atomic E-state index is 0.893. The van der Waals surface area contributed by atoms with Gasteiger partial charge in [0.1, 0.15) is 0 Å². The van der Waals surface area contributed by atoms with E-state index < -0.39 is 0 Å². The highest BCUT2D eigenvalue weighted by Gasteiger charge is 2.18. The van der Waals surface area contributed by atoms with Crippen LogP contribution in [0.25, 0.3) is 0 Å². The van der Waals surface area contributed by atoms with Crippen molar-refractivity contribution in [1.29, 1.82) is 0 Å². The van der Waals surface area contributed by atoms with Gasteiger partial charge in [-0.1, -0.05) is 50.5 Å². The maximum absolute atomic E-state index is 2.52. The van der Waals surface area contributed by atoms with Crippen LogP contribution in [-0.2, 0) is 0 Å². The van der Waals surface area contributed by atoms with Crippen molar-refractivity contribution in [1.82, 2.24) is 0 Å². The average Bonchev–Trinajstić information content (AvgIpc) is 2.44. The Bertz CT molecular complexity index is 241. The number of allylic oxidation sites excluding steroid dienone is 4. The Kier molecular flexibility index (Phi) is 9.85. The summed E-state index contributed by atoms with van der Waals surface area (Å²) in [5.41, 5.74) is 0. The summed E-state index contributed by atoms with van der Waals surface area (Å²) in [7, 11) is 0. The van der Waals surface area contributed by atoms with Gasteiger partial charge in [0, 0.05) is 0 Å². The van der Waals surface area contributed by atoms with Crippen molar-refractivity contribution in [3.63, 3.8) is 0 Å². The first-order valence-corrected chi connectivity index (χ1v) is 8.64. The molecule has 0 aromatic carbocycles. The Hall–Kier alpha value is -0.520. The Morgan fingerprint density at radius 3 is 2.37 bits per heavy atom. The van der Waals surface area contributed by atoms with Crippen LogP contribution in [0.5, 0.6) is 0 Å². The molecule has 0 atom stereocenters. The number of rotatable bonds is 9. The zero-order valence-electron chi connectivity index (χ0n) is 13.2. The predicted molar refractivity (Wildman–Crippen MR) is 87.4 cm³/mol. The predicted octanol–water partition coefficient (Wildman–Crippen LogP) is 6.68. The van der Waals surface area contributed by atoms with E-state index in [0.717, 1.165) is 11.8 Å². The minimum atomic E-state index is 0.893. The summed E-state index contributed by atoms with van der Waals surface area (Å²) < 4.78 is 0. The molecule has 0 aromatic heterocycles. The molecule has 1 saturated carbocycles. The lowest BCUT2D eigenvalue weighted by molar-refractivity contribution is 0.297. The molecule has 0 spiro atoms. The Morgan fingerprint density at radius 1 is 0.895 bits per heavy atom. The molecule has 0 saturated heterocycles. The van der Waals surface area contributed by atoms with Crippen molar-refractivity contribution in [2.24, 2.45) is 11.8 Å². The van der Waals surface area contributed by atoms with Crippen molar-refractivity contribution in [3.8, 4) is 0 Å². The normalized spacial score (nSPS) is 24.5. The molecule has 0 nitrogen and oxygen atoms in total. The topological polar surface area (TPSA) is 0 Å². The van der Waals surface area contributed by atoms with E-state index >= 15 is 0 Å². The second kappa shape index (κ2) is 11.3. The van der Waals surface area contributed by atoms with Gasteiger partial charge in [0.2, 0.25) is 0 Å². The molecule has 1 rings (SSSR count). The molecule has 0 bridgehead atoms. The van der Waals surface area contributed by atoms with Gasteiger partial charge in [-0.05, 0) is 70.1 Å². The van der Waals surface area contributed by atoms with Gasteiger partial charge in [0.25, 0.3) is 0 Å². The van der Waals surface area contributed by atoms with Gasteiger partial charge in [-0.15, -0.1) is 0 Å². The molecule has 1 fully saturated rings. The summed E-state index contributed by atoms with van der Waals surface area (Å²) in [5.74, 6) is 1.90. The molecule has 0 amide bonds. The van der Waals surface area contributed by atoms with E-state index in [9.17, 15) is 0 Å². The highest BCUT2D eigenvalue weighted by molar-refractivity contribution is 4.91. The van der Waals surface area contributed by atoms with Crippen LogP contribution in [0.3, 0.4) is 0 Å². The number of unbranched alkanes of at least 4 members (excludes halogenated alkanes) is 4. The zero-order chi connectivity index (χ0) is 13.8. The van der Waals surface area contributed by atoms with Crippen LogP contribution in [0, 0.1) is 11.8 Å². The monoisotopic (exact) mass is 262 g/mol. The van der Waals surface area contributed by atoms with Crippen LogP contribution >= 0.6 is 0 Å². The van der Waals surface area contributed by atoms with Gasteiger partial charge in [-0.2, -0.15) is 0 Å². The van der Waals surface area contributed by atoms with Crippen LogP contribution in [-0.4, -0.2) is 0 Å². The quantitative estimate of drug-likeness (QED) is 0.321. The number of hydrogen-bond acceptors (Lipinski definition) is 0. The van der Waals surface area contributed by atoms with Crippen molar-refractivity contribution in [2.45, 2.75) is 84.5 Å². The highest BCUT2D eigenvalue weighted by Crippen LogP contribution is 2.32. The molecular weight excluding hydrogens is 228 g/mol.